The summed E-state index contributed by atoms with van der Waals surface area (Å²) < 4.78 is 23.8. The van der Waals surface area contributed by atoms with Gasteiger partial charge < -0.3 is 5.11 Å². The Morgan fingerprint density at radius 3 is 2.82 bits per heavy atom. The van der Waals surface area contributed by atoms with Crippen LogP contribution in [0.15, 0.2) is 29.2 Å². The largest absolute Gasteiger partial charge is 0.385 e. The quantitative estimate of drug-likeness (QED) is 0.809. The van der Waals surface area contributed by atoms with E-state index in [1.54, 1.807) is 24.3 Å². The number of benzene rings is 1. The summed E-state index contributed by atoms with van der Waals surface area (Å²) in [6, 6.07) is 6.62. The predicted octanol–water partition coefficient (Wildman–Crippen LogP) is 1.47. The van der Waals surface area contributed by atoms with Gasteiger partial charge in [-0.3, -0.25) is 0 Å². The molecule has 0 saturated carbocycles. The van der Waals surface area contributed by atoms with Crippen molar-refractivity contribution in [2.75, 3.05) is 5.75 Å². The van der Waals surface area contributed by atoms with Crippen molar-refractivity contribution in [3.63, 3.8) is 0 Å². The van der Waals surface area contributed by atoms with E-state index >= 15 is 0 Å². The monoisotopic (exact) mass is 250 g/mol. The normalized spacial score (nSPS) is 25.9. The highest BCUT2D eigenvalue weighted by atomic mass is 32.2. The van der Waals surface area contributed by atoms with E-state index in [0.717, 1.165) is 0 Å². The molecule has 0 radical (unpaired) electrons. The third-order valence-electron chi connectivity index (χ3n) is 3.19. The second kappa shape index (κ2) is 4.17. The standard InChI is InChI=1S/C13H14O3S/c1-2-3-8-13(14)9-10-17(15,16)12-7-5-4-6-11(12)13/h1,4-7,14H,3,8-10H2. The molecule has 2 rings (SSSR count). The van der Waals surface area contributed by atoms with Crippen LogP contribution in [0.2, 0.25) is 0 Å². The van der Waals surface area contributed by atoms with E-state index in [0.29, 0.717) is 18.4 Å². The maximum atomic E-state index is 11.9. The number of hydrogen-bond acceptors (Lipinski definition) is 3. The lowest BCUT2D eigenvalue weighted by Crippen LogP contribution is -2.35. The van der Waals surface area contributed by atoms with E-state index < -0.39 is 15.4 Å². The number of hydrogen-bond donors (Lipinski definition) is 1. The minimum Gasteiger partial charge on any atom is -0.385 e. The highest BCUT2D eigenvalue weighted by molar-refractivity contribution is 7.91. The molecule has 0 aromatic heterocycles. The Kier molecular flexibility index (Phi) is 2.98. The molecule has 4 heteroatoms. The van der Waals surface area contributed by atoms with Crippen LogP contribution < -0.4 is 0 Å². The van der Waals surface area contributed by atoms with Crippen molar-refractivity contribution in [1.82, 2.24) is 0 Å². The zero-order chi connectivity index (χ0) is 12.5. The third kappa shape index (κ3) is 2.08. The summed E-state index contributed by atoms with van der Waals surface area (Å²) in [6.45, 7) is 0. The minimum absolute atomic E-state index is 0.0227. The molecule has 1 atom stereocenters. The molecule has 3 nitrogen and oxygen atoms in total. The maximum absolute atomic E-state index is 11.9. The van der Waals surface area contributed by atoms with Crippen molar-refractivity contribution in [1.29, 1.82) is 0 Å². The zero-order valence-electron chi connectivity index (χ0n) is 9.39. The maximum Gasteiger partial charge on any atom is 0.178 e. The van der Waals surface area contributed by atoms with Gasteiger partial charge in [0, 0.05) is 12.0 Å². The Morgan fingerprint density at radius 2 is 2.12 bits per heavy atom. The van der Waals surface area contributed by atoms with Crippen molar-refractivity contribution < 1.29 is 13.5 Å². The number of rotatable bonds is 2. The van der Waals surface area contributed by atoms with Crippen LogP contribution in [0.1, 0.15) is 24.8 Å². The molecule has 1 heterocycles. The van der Waals surface area contributed by atoms with Gasteiger partial charge in [0.25, 0.3) is 0 Å². The summed E-state index contributed by atoms with van der Waals surface area (Å²) >= 11 is 0. The van der Waals surface area contributed by atoms with Crippen molar-refractivity contribution in [3.8, 4) is 12.3 Å². The molecule has 0 fully saturated rings. The number of sulfone groups is 1. The second-order valence-corrected chi connectivity index (χ2v) is 6.38. The van der Waals surface area contributed by atoms with E-state index in [1.807, 2.05) is 0 Å². The van der Waals surface area contributed by atoms with Crippen LogP contribution in [-0.4, -0.2) is 19.3 Å². The van der Waals surface area contributed by atoms with E-state index in [2.05, 4.69) is 5.92 Å². The van der Waals surface area contributed by atoms with Crippen molar-refractivity contribution in [2.45, 2.75) is 29.8 Å². The van der Waals surface area contributed by atoms with Crippen LogP contribution in [0.5, 0.6) is 0 Å². The lowest BCUT2D eigenvalue weighted by Gasteiger charge is -2.33. The molecular weight excluding hydrogens is 236 g/mol. The van der Waals surface area contributed by atoms with Gasteiger partial charge in [-0.25, -0.2) is 8.42 Å². The van der Waals surface area contributed by atoms with Crippen molar-refractivity contribution in [2.24, 2.45) is 0 Å². The number of fused-ring (bicyclic) bond motifs is 1. The van der Waals surface area contributed by atoms with Gasteiger partial charge in [-0.2, -0.15) is 0 Å². The molecule has 1 aromatic rings. The Hall–Kier alpha value is -1.31. The summed E-state index contributed by atoms with van der Waals surface area (Å²) in [5, 5.41) is 10.5. The van der Waals surface area contributed by atoms with Crippen LogP contribution in [0.3, 0.4) is 0 Å². The van der Waals surface area contributed by atoms with Crippen molar-refractivity contribution >= 4 is 9.84 Å². The van der Waals surface area contributed by atoms with E-state index in [-0.39, 0.29) is 17.1 Å². The van der Waals surface area contributed by atoms with Crippen molar-refractivity contribution in [3.05, 3.63) is 29.8 Å². The molecule has 0 aliphatic carbocycles. The minimum atomic E-state index is -3.25. The first kappa shape index (κ1) is 12.2. The first-order valence-corrected chi connectivity index (χ1v) is 7.13. The molecule has 1 aliphatic rings. The van der Waals surface area contributed by atoms with Gasteiger partial charge in [-0.1, -0.05) is 18.2 Å². The smallest absolute Gasteiger partial charge is 0.178 e. The van der Waals surface area contributed by atoms with Gasteiger partial charge in [0.15, 0.2) is 9.84 Å². The molecule has 90 valence electrons. The lowest BCUT2D eigenvalue weighted by atomic mass is 9.86. The highest BCUT2D eigenvalue weighted by Crippen LogP contribution is 2.39. The van der Waals surface area contributed by atoms with Gasteiger partial charge in [-0.05, 0) is 18.9 Å². The molecule has 0 spiro atoms. The summed E-state index contributed by atoms with van der Waals surface area (Å²) in [4.78, 5) is 0.241. The molecule has 0 amide bonds. The van der Waals surface area contributed by atoms with Crippen LogP contribution in [0, 0.1) is 12.3 Å². The predicted molar refractivity (Wildman–Crippen MR) is 65.1 cm³/mol. The average molecular weight is 250 g/mol. The van der Waals surface area contributed by atoms with Crippen LogP contribution in [-0.2, 0) is 15.4 Å². The molecule has 0 bridgehead atoms. The average Bonchev–Trinajstić information content (AvgIpc) is 2.33. The third-order valence-corrected chi connectivity index (χ3v) is 4.96. The van der Waals surface area contributed by atoms with Gasteiger partial charge in [0.2, 0.25) is 0 Å². The topological polar surface area (TPSA) is 54.4 Å². The fourth-order valence-electron chi connectivity index (χ4n) is 2.21. The Balaban J connectivity index is 2.52. The van der Waals surface area contributed by atoms with Gasteiger partial charge in [0.05, 0.1) is 16.2 Å². The molecule has 1 N–H and O–H groups in total. The van der Waals surface area contributed by atoms with Crippen LogP contribution in [0.4, 0.5) is 0 Å². The van der Waals surface area contributed by atoms with Crippen LogP contribution in [0.25, 0.3) is 0 Å². The Bertz CT molecular complexity index is 569. The molecular formula is C13H14O3S. The SMILES string of the molecule is C#CCCC1(O)CCS(=O)(=O)c2ccccc21. The fourth-order valence-corrected chi connectivity index (χ4v) is 3.91. The van der Waals surface area contributed by atoms with E-state index in [9.17, 15) is 13.5 Å². The van der Waals surface area contributed by atoms with Gasteiger partial charge in [0.1, 0.15) is 0 Å². The fraction of sp³-hybridized carbons (Fsp3) is 0.385. The van der Waals surface area contributed by atoms with Gasteiger partial charge in [-0.15, -0.1) is 12.3 Å². The number of aliphatic hydroxyl groups is 1. The molecule has 0 saturated heterocycles. The molecule has 1 aromatic carbocycles. The summed E-state index contributed by atoms with van der Waals surface area (Å²) in [5.41, 5.74) is -0.615. The molecule has 1 aliphatic heterocycles. The van der Waals surface area contributed by atoms with E-state index in [1.165, 1.54) is 0 Å². The van der Waals surface area contributed by atoms with Crippen LogP contribution >= 0.6 is 0 Å². The van der Waals surface area contributed by atoms with Gasteiger partial charge >= 0.3 is 0 Å². The Morgan fingerprint density at radius 1 is 1.41 bits per heavy atom. The highest BCUT2D eigenvalue weighted by Gasteiger charge is 2.39. The summed E-state index contributed by atoms with van der Waals surface area (Å²) in [5.74, 6) is 2.46. The Labute approximate surface area is 101 Å². The lowest BCUT2D eigenvalue weighted by molar-refractivity contribution is 0.0205. The molecule has 17 heavy (non-hydrogen) atoms. The first-order valence-electron chi connectivity index (χ1n) is 5.48. The summed E-state index contributed by atoms with van der Waals surface area (Å²) in [7, 11) is -3.25. The first-order chi connectivity index (χ1) is 7.99. The zero-order valence-corrected chi connectivity index (χ0v) is 10.2. The second-order valence-electron chi connectivity index (χ2n) is 4.30. The van der Waals surface area contributed by atoms with E-state index in [4.69, 9.17) is 6.42 Å². The molecule has 1 unspecified atom stereocenters. The number of terminal acetylenes is 1. The summed E-state index contributed by atoms with van der Waals surface area (Å²) in [6.07, 6.45) is 6.25.